The van der Waals surface area contributed by atoms with Gasteiger partial charge in [-0.3, -0.25) is 14.6 Å². The molecule has 0 saturated carbocycles. The van der Waals surface area contributed by atoms with E-state index in [9.17, 15) is 9.59 Å². The van der Waals surface area contributed by atoms with Gasteiger partial charge in [-0.15, -0.1) is 0 Å². The Morgan fingerprint density at radius 3 is 2.52 bits per heavy atom. The summed E-state index contributed by atoms with van der Waals surface area (Å²) in [5, 5.41) is 7.86. The van der Waals surface area contributed by atoms with Crippen LogP contribution in [0.3, 0.4) is 0 Å². The zero-order valence-corrected chi connectivity index (χ0v) is 16.4. The number of rotatable bonds is 5. The van der Waals surface area contributed by atoms with Crippen LogP contribution in [0.5, 0.6) is 0 Å². The van der Waals surface area contributed by atoms with Crippen LogP contribution in [0.15, 0.2) is 54.6 Å². The number of nitrogens with zero attached hydrogens (tertiary/aromatic N) is 1. The summed E-state index contributed by atoms with van der Waals surface area (Å²) < 4.78 is 5.52. The van der Waals surface area contributed by atoms with Gasteiger partial charge in [0.1, 0.15) is 12.3 Å². The Hall–Kier alpha value is -2.90. The lowest BCUT2D eigenvalue weighted by atomic mass is 10.1. The minimum atomic E-state index is -0.514. The van der Waals surface area contributed by atoms with Gasteiger partial charge in [0.2, 0.25) is 5.91 Å². The van der Waals surface area contributed by atoms with E-state index >= 15 is 0 Å². The number of amides is 2. The Bertz CT molecular complexity index is 850. The number of benzene rings is 2. The Morgan fingerprint density at radius 1 is 1.07 bits per heavy atom. The molecular weight excluding hydrogens is 368 g/mol. The van der Waals surface area contributed by atoms with Gasteiger partial charge < -0.3 is 15.4 Å². The fourth-order valence-corrected chi connectivity index (χ4v) is 3.72. The molecule has 0 spiro atoms. The molecular formula is C22H26N4O3. The first-order valence-electron chi connectivity index (χ1n) is 9.99. The maximum absolute atomic E-state index is 13.0. The molecule has 2 aliphatic heterocycles. The monoisotopic (exact) mass is 394 g/mol. The molecule has 7 nitrogen and oxygen atoms in total. The molecule has 3 N–H and O–H groups in total. The highest BCUT2D eigenvalue weighted by Crippen LogP contribution is 2.24. The van der Waals surface area contributed by atoms with E-state index in [0.29, 0.717) is 19.6 Å². The number of hydrazine groups is 1. The minimum absolute atomic E-state index is 0.141. The van der Waals surface area contributed by atoms with Gasteiger partial charge in [-0.1, -0.05) is 35.9 Å². The number of hydrogen-bond donors (Lipinski definition) is 3. The fourth-order valence-electron chi connectivity index (χ4n) is 3.72. The largest absolute Gasteiger partial charge is 0.368 e. The van der Waals surface area contributed by atoms with Crippen molar-refractivity contribution in [2.75, 3.05) is 23.5 Å². The van der Waals surface area contributed by atoms with E-state index in [1.165, 1.54) is 0 Å². The number of hydrogen-bond acceptors (Lipinski definition) is 5. The quantitative estimate of drug-likeness (QED) is 0.724. The molecule has 4 rings (SSSR count). The third kappa shape index (κ3) is 4.41. The highest BCUT2D eigenvalue weighted by atomic mass is 16.5. The second kappa shape index (κ2) is 8.63. The number of para-hydroxylation sites is 1. The van der Waals surface area contributed by atoms with E-state index in [1.807, 2.05) is 66.5 Å². The van der Waals surface area contributed by atoms with Gasteiger partial charge in [0.05, 0.1) is 11.6 Å². The van der Waals surface area contributed by atoms with Crippen LogP contribution in [0, 0.1) is 12.8 Å². The van der Waals surface area contributed by atoms with Gasteiger partial charge in [0.25, 0.3) is 5.91 Å². The van der Waals surface area contributed by atoms with E-state index in [-0.39, 0.29) is 11.8 Å². The normalized spacial score (nSPS) is 23.8. The van der Waals surface area contributed by atoms with Gasteiger partial charge in [-0.05, 0) is 44.0 Å². The van der Waals surface area contributed by atoms with Crippen LogP contribution in [0.1, 0.15) is 18.4 Å². The smallest absolute Gasteiger partial charge is 0.250 e. The van der Waals surface area contributed by atoms with Crippen molar-refractivity contribution in [1.82, 2.24) is 10.7 Å². The zero-order chi connectivity index (χ0) is 20.2. The summed E-state index contributed by atoms with van der Waals surface area (Å²) in [6, 6.07) is 17.3. The van der Waals surface area contributed by atoms with Crippen molar-refractivity contribution >= 4 is 23.2 Å². The molecule has 2 aliphatic rings. The fraction of sp³-hybridized carbons (Fsp3) is 0.364. The molecule has 2 amide bonds. The molecule has 0 aliphatic carbocycles. The maximum Gasteiger partial charge on any atom is 0.250 e. The average Bonchev–Trinajstić information content (AvgIpc) is 3.41. The van der Waals surface area contributed by atoms with Crippen molar-refractivity contribution < 1.29 is 14.3 Å². The number of nitrogens with one attached hydrogen (secondary N) is 3. The lowest BCUT2D eigenvalue weighted by Crippen LogP contribution is -2.54. The standard InChI is InChI=1S/C22H26N4O3/c1-15-9-11-16(12-10-15)24-21(27)18-14-23-26(17-6-3-2-4-7-17)20(18)25-22(28)19-8-5-13-29-19/h2-4,6-7,9-12,18-20,23H,5,8,13-14H2,1H3,(H,24,27)(H,25,28). The van der Waals surface area contributed by atoms with E-state index in [4.69, 9.17) is 4.74 Å². The van der Waals surface area contributed by atoms with Crippen LogP contribution in [-0.4, -0.2) is 37.2 Å². The van der Waals surface area contributed by atoms with Crippen molar-refractivity contribution in [3.05, 3.63) is 60.2 Å². The summed E-state index contributed by atoms with van der Waals surface area (Å²) in [5.41, 5.74) is 6.01. The van der Waals surface area contributed by atoms with Gasteiger partial charge in [-0.2, -0.15) is 0 Å². The van der Waals surface area contributed by atoms with Crippen molar-refractivity contribution in [3.63, 3.8) is 0 Å². The average molecular weight is 394 g/mol. The van der Waals surface area contributed by atoms with Crippen LogP contribution in [0.2, 0.25) is 0 Å². The molecule has 3 unspecified atom stereocenters. The summed E-state index contributed by atoms with van der Waals surface area (Å²) in [6.07, 6.45) is 0.617. The van der Waals surface area contributed by atoms with Gasteiger partial charge in [0, 0.05) is 18.8 Å². The first kappa shape index (κ1) is 19.4. The molecule has 152 valence electrons. The topological polar surface area (TPSA) is 82.7 Å². The van der Waals surface area contributed by atoms with Gasteiger partial charge in [0.15, 0.2) is 0 Å². The Kier molecular flexibility index (Phi) is 5.78. The van der Waals surface area contributed by atoms with Crippen molar-refractivity contribution in [2.24, 2.45) is 5.92 Å². The summed E-state index contributed by atoms with van der Waals surface area (Å²) in [6.45, 7) is 3.02. The molecule has 2 aromatic rings. The molecule has 2 heterocycles. The van der Waals surface area contributed by atoms with Crippen LogP contribution in [-0.2, 0) is 14.3 Å². The number of ether oxygens (including phenoxy) is 1. The predicted molar refractivity (Wildman–Crippen MR) is 111 cm³/mol. The van der Waals surface area contributed by atoms with Crippen LogP contribution in [0.4, 0.5) is 11.4 Å². The second-order valence-electron chi connectivity index (χ2n) is 7.48. The number of carbonyl (C=O) groups excluding carboxylic acids is 2. The van der Waals surface area contributed by atoms with Crippen LogP contribution in [0.25, 0.3) is 0 Å². The van der Waals surface area contributed by atoms with E-state index in [1.54, 1.807) is 0 Å². The Morgan fingerprint density at radius 2 is 1.83 bits per heavy atom. The SMILES string of the molecule is Cc1ccc(NC(=O)C2CNN(c3ccccc3)C2NC(=O)C2CCCO2)cc1. The minimum Gasteiger partial charge on any atom is -0.368 e. The van der Waals surface area contributed by atoms with Crippen LogP contribution < -0.4 is 21.1 Å². The number of anilines is 2. The summed E-state index contributed by atoms with van der Waals surface area (Å²) in [7, 11) is 0. The molecule has 2 saturated heterocycles. The van der Waals surface area contributed by atoms with Crippen molar-refractivity contribution in [3.8, 4) is 0 Å². The number of aryl methyl sites for hydroxylation is 1. The molecule has 0 bridgehead atoms. The maximum atomic E-state index is 13.0. The zero-order valence-electron chi connectivity index (χ0n) is 16.4. The lowest BCUT2D eigenvalue weighted by molar-refractivity contribution is -0.131. The first-order valence-corrected chi connectivity index (χ1v) is 9.99. The summed E-state index contributed by atoms with van der Waals surface area (Å²) >= 11 is 0. The summed E-state index contributed by atoms with van der Waals surface area (Å²) in [5.74, 6) is -0.774. The molecule has 29 heavy (non-hydrogen) atoms. The third-order valence-corrected chi connectivity index (χ3v) is 5.34. The first-order chi connectivity index (χ1) is 14.1. The molecule has 7 heteroatoms. The van der Waals surface area contributed by atoms with Gasteiger partial charge in [-0.25, -0.2) is 5.43 Å². The second-order valence-corrected chi connectivity index (χ2v) is 7.48. The Labute approximate surface area is 170 Å². The van der Waals surface area contributed by atoms with E-state index < -0.39 is 18.2 Å². The lowest BCUT2D eigenvalue weighted by Gasteiger charge is -2.30. The summed E-state index contributed by atoms with van der Waals surface area (Å²) in [4.78, 5) is 25.7. The van der Waals surface area contributed by atoms with E-state index in [2.05, 4.69) is 16.1 Å². The van der Waals surface area contributed by atoms with E-state index in [0.717, 1.165) is 23.4 Å². The Balaban J connectivity index is 1.53. The number of carbonyl (C=O) groups is 2. The van der Waals surface area contributed by atoms with Crippen molar-refractivity contribution in [2.45, 2.75) is 32.0 Å². The highest BCUT2D eigenvalue weighted by molar-refractivity contribution is 5.94. The molecule has 3 atom stereocenters. The molecule has 2 aromatic carbocycles. The third-order valence-electron chi connectivity index (χ3n) is 5.34. The highest BCUT2D eigenvalue weighted by Gasteiger charge is 2.41. The molecule has 2 fully saturated rings. The molecule has 0 aromatic heterocycles. The van der Waals surface area contributed by atoms with Crippen LogP contribution >= 0.6 is 0 Å². The van der Waals surface area contributed by atoms with Crippen molar-refractivity contribution in [1.29, 1.82) is 0 Å². The molecule has 0 radical (unpaired) electrons. The predicted octanol–water partition coefficient (Wildman–Crippen LogP) is 2.20. The van der Waals surface area contributed by atoms with Gasteiger partial charge >= 0.3 is 0 Å².